The normalized spacial score (nSPS) is 13.6. The van der Waals surface area contributed by atoms with Crippen molar-refractivity contribution >= 4 is 33.2 Å². The summed E-state index contributed by atoms with van der Waals surface area (Å²) in [5.74, 6) is 2.03. The predicted octanol–water partition coefficient (Wildman–Crippen LogP) is 17.8. The van der Waals surface area contributed by atoms with E-state index in [4.69, 9.17) is 9.72 Å². The monoisotopic (exact) mass is 1150 g/mol. The van der Waals surface area contributed by atoms with Gasteiger partial charge in [0.25, 0.3) is 0 Å². The van der Waals surface area contributed by atoms with Crippen LogP contribution in [-0.2, 0) is 42.7 Å². The van der Waals surface area contributed by atoms with Gasteiger partial charge in [0.1, 0.15) is 5.82 Å². The average molecular weight is 1150 g/mol. The molecule has 9 aromatic rings. The molecule has 0 saturated heterocycles. The van der Waals surface area contributed by atoms with Gasteiger partial charge < -0.3 is 19.1 Å². The fraction of sp³-hybridized carbons (Fsp3) is 0.265. The Morgan fingerprint density at radius 2 is 1.08 bits per heavy atom. The van der Waals surface area contributed by atoms with Crippen LogP contribution >= 0.6 is 0 Å². The first-order chi connectivity index (χ1) is 34.6. The standard InChI is InChI=1S/C68H69N4O.Pt/c1-64(2,3)50-33-34-69-62(40-50)72-59-32-24-23-31-57(59)63-58(68(12,13)49-29-21-16-22-30-49)42-56(43-60(63)72)73-55-36-47(46-25-17-14-18-26-46)35-54(41-55)71-45-70(44-61(71)66(7,8)9)53-38-51(65(4,5)6)37-52(39-53)67(10,11)48-27-19-15-20-28-48;/h14-40,42,44-45H,1-13H3;/q-3;. The number of hydrogen-bond acceptors (Lipinski definition) is 4. The van der Waals surface area contributed by atoms with Gasteiger partial charge in [0, 0.05) is 66.5 Å². The molecule has 0 amide bonds. The number of anilines is 2. The van der Waals surface area contributed by atoms with Crippen LogP contribution in [0.15, 0.2) is 182 Å². The average Bonchev–Trinajstić information content (AvgIpc) is 3.98. The Hall–Kier alpha value is -6.68. The van der Waals surface area contributed by atoms with Gasteiger partial charge in [0.2, 0.25) is 0 Å². The first-order valence-corrected chi connectivity index (χ1v) is 25.8. The number of benzene rings is 7. The summed E-state index contributed by atoms with van der Waals surface area (Å²) in [4.78, 5) is 9.64. The van der Waals surface area contributed by atoms with Gasteiger partial charge >= 0.3 is 0 Å². The van der Waals surface area contributed by atoms with Crippen LogP contribution in [0.2, 0.25) is 0 Å². The van der Waals surface area contributed by atoms with Crippen molar-refractivity contribution in [3.63, 3.8) is 0 Å². The summed E-state index contributed by atoms with van der Waals surface area (Å²) in [6.07, 6.45) is 4.23. The Balaban J connectivity index is 0.00000672. The number of fused-ring (bicyclic) bond motifs is 3. The molecule has 6 heteroatoms. The Morgan fingerprint density at radius 3 is 1.72 bits per heavy atom. The second-order valence-electron chi connectivity index (χ2n) is 24.0. The van der Waals surface area contributed by atoms with E-state index in [1.807, 2.05) is 6.20 Å². The number of allylic oxidation sites excluding steroid dienone is 1. The second-order valence-corrected chi connectivity index (χ2v) is 24.0. The molecule has 0 saturated carbocycles. The minimum atomic E-state index is -0.427. The van der Waals surface area contributed by atoms with E-state index in [1.165, 1.54) is 27.8 Å². The number of nitrogens with zero attached hydrogens (tertiary/aromatic N) is 4. The molecule has 380 valence electrons. The summed E-state index contributed by atoms with van der Waals surface area (Å²) in [6, 6.07) is 66.5. The van der Waals surface area contributed by atoms with Crippen molar-refractivity contribution in [2.75, 3.05) is 9.80 Å². The Labute approximate surface area is 455 Å². The maximum absolute atomic E-state index is 7.25. The van der Waals surface area contributed by atoms with Crippen molar-refractivity contribution in [1.29, 1.82) is 0 Å². The van der Waals surface area contributed by atoms with E-state index >= 15 is 0 Å². The van der Waals surface area contributed by atoms with Crippen molar-refractivity contribution < 1.29 is 25.8 Å². The number of pyridine rings is 1. The van der Waals surface area contributed by atoms with Crippen LogP contribution in [0.4, 0.5) is 11.4 Å². The van der Waals surface area contributed by atoms with E-state index in [2.05, 4.69) is 293 Å². The van der Waals surface area contributed by atoms with Crippen LogP contribution < -0.4 is 14.5 Å². The summed E-state index contributed by atoms with van der Waals surface area (Å²) in [6.45, 7) is 32.0. The third-order valence-electron chi connectivity index (χ3n) is 14.9. The minimum absolute atomic E-state index is 0. The van der Waals surface area contributed by atoms with Crippen LogP contribution in [-0.4, -0.2) is 9.55 Å². The molecule has 0 spiro atoms. The van der Waals surface area contributed by atoms with Gasteiger partial charge in [0.15, 0.2) is 0 Å². The summed E-state index contributed by atoms with van der Waals surface area (Å²) < 4.78 is 9.51. The zero-order valence-electron chi connectivity index (χ0n) is 45.3. The van der Waals surface area contributed by atoms with Gasteiger partial charge in [-0.1, -0.05) is 216 Å². The van der Waals surface area contributed by atoms with Crippen LogP contribution in [0.1, 0.15) is 123 Å². The van der Waals surface area contributed by atoms with Crippen LogP contribution in [0, 0.1) is 24.2 Å². The Bertz CT molecular complexity index is 3510. The largest absolute Gasteiger partial charge is 0.509 e. The maximum Gasteiger partial charge on any atom is 0.135 e. The maximum atomic E-state index is 7.25. The van der Waals surface area contributed by atoms with Crippen LogP contribution in [0.3, 0.4) is 0 Å². The fourth-order valence-electron chi connectivity index (χ4n) is 10.3. The molecule has 0 bridgehead atoms. The molecule has 2 aromatic heterocycles. The van der Waals surface area contributed by atoms with Gasteiger partial charge in [-0.2, -0.15) is 0 Å². The molecular formula is C68H69N4OPt-3. The van der Waals surface area contributed by atoms with Crippen LogP contribution in [0.25, 0.3) is 38.8 Å². The van der Waals surface area contributed by atoms with E-state index in [9.17, 15) is 0 Å². The molecule has 0 atom stereocenters. The van der Waals surface area contributed by atoms with Gasteiger partial charge in [-0.3, -0.25) is 0 Å². The third-order valence-corrected chi connectivity index (χ3v) is 14.9. The predicted molar refractivity (Wildman–Crippen MR) is 306 cm³/mol. The van der Waals surface area contributed by atoms with Crippen molar-refractivity contribution in [2.24, 2.45) is 5.41 Å². The van der Waals surface area contributed by atoms with Gasteiger partial charge in [0.05, 0.1) is 0 Å². The van der Waals surface area contributed by atoms with E-state index < -0.39 is 5.41 Å². The summed E-state index contributed by atoms with van der Waals surface area (Å²) >= 11 is 0. The molecule has 3 heterocycles. The molecule has 0 radical (unpaired) electrons. The number of aromatic nitrogens is 2. The van der Waals surface area contributed by atoms with E-state index in [1.54, 1.807) is 0 Å². The molecule has 5 nitrogen and oxygen atoms in total. The minimum Gasteiger partial charge on any atom is -0.509 e. The molecule has 10 rings (SSSR count). The molecular weight excluding hydrogens is 1080 g/mol. The van der Waals surface area contributed by atoms with Gasteiger partial charge in [-0.05, 0) is 91.5 Å². The van der Waals surface area contributed by atoms with Gasteiger partial charge in [-0.25, -0.2) is 4.98 Å². The zero-order chi connectivity index (χ0) is 51.7. The first-order valence-electron chi connectivity index (χ1n) is 25.8. The van der Waals surface area contributed by atoms with E-state index in [-0.39, 0.29) is 42.7 Å². The zero-order valence-corrected chi connectivity index (χ0v) is 47.6. The molecule has 0 unspecified atom stereocenters. The number of hydrogen-bond donors (Lipinski definition) is 0. The molecule has 0 aliphatic carbocycles. The van der Waals surface area contributed by atoms with Gasteiger partial charge in [-0.15, -0.1) is 53.8 Å². The van der Waals surface area contributed by atoms with Crippen LogP contribution in [0.5, 0.6) is 11.5 Å². The molecule has 0 fully saturated rings. The Kier molecular flexibility index (Phi) is 13.8. The molecule has 7 aromatic carbocycles. The van der Waals surface area contributed by atoms with E-state index in [0.29, 0.717) is 11.5 Å². The van der Waals surface area contributed by atoms with E-state index in [0.717, 1.165) is 61.4 Å². The SMILES string of the molecule is CC(C)(C)C1=CN(c2cc(C(C)(C)C)cc(C(C)(C)c3ccccc3)c2)[CH-]N1c1[c-]c(Oc2[c-]c3c(c(C(C)(C)c4ccccc4)c2)c2ccccc2n3-c2cc(C(C)(C)C)ccn2)cc(-c2ccccc2)c1.[Pt]. The van der Waals surface area contributed by atoms with Crippen molar-refractivity contribution in [3.8, 4) is 28.4 Å². The second kappa shape index (κ2) is 19.5. The van der Waals surface area contributed by atoms with Crippen molar-refractivity contribution in [2.45, 2.75) is 112 Å². The smallest absolute Gasteiger partial charge is 0.135 e. The summed E-state index contributed by atoms with van der Waals surface area (Å²) in [7, 11) is 0. The number of ether oxygens (including phenoxy) is 1. The molecule has 1 aliphatic heterocycles. The van der Waals surface area contributed by atoms with Crippen molar-refractivity contribution in [3.05, 3.63) is 234 Å². The molecule has 74 heavy (non-hydrogen) atoms. The first kappa shape index (κ1) is 52.2. The quantitative estimate of drug-likeness (QED) is 0.128. The molecule has 1 aliphatic rings. The molecule has 0 N–H and O–H groups in total. The number of rotatable bonds is 10. The fourth-order valence-corrected chi connectivity index (χ4v) is 10.3. The summed E-state index contributed by atoms with van der Waals surface area (Å²) in [5.41, 5.74) is 13.6. The third kappa shape index (κ3) is 10.0. The van der Waals surface area contributed by atoms with Crippen molar-refractivity contribution in [1.82, 2.24) is 9.55 Å². The topological polar surface area (TPSA) is 33.5 Å². The summed E-state index contributed by atoms with van der Waals surface area (Å²) in [5, 5.41) is 2.27. The Morgan fingerprint density at radius 1 is 0.500 bits per heavy atom. The number of para-hydroxylation sites is 1.